The van der Waals surface area contributed by atoms with Gasteiger partial charge in [0, 0.05) is 45.0 Å². The van der Waals surface area contributed by atoms with Gasteiger partial charge >= 0.3 is 6.03 Å². The van der Waals surface area contributed by atoms with Crippen LogP contribution in [0.4, 0.5) is 10.5 Å². The number of benzene rings is 1. The first-order chi connectivity index (χ1) is 13.8. The Morgan fingerprint density at radius 2 is 1.71 bits per heavy atom. The summed E-state index contributed by atoms with van der Waals surface area (Å²) in [5.41, 5.74) is 2.62. The highest BCUT2D eigenvalue weighted by Crippen LogP contribution is 2.28. The van der Waals surface area contributed by atoms with Gasteiger partial charge in [-0.15, -0.1) is 0 Å². The van der Waals surface area contributed by atoms with Gasteiger partial charge in [-0.3, -0.25) is 0 Å². The molecule has 3 aliphatic heterocycles. The molecule has 0 bridgehead atoms. The number of hydrogen-bond donors (Lipinski definition) is 1. The van der Waals surface area contributed by atoms with Crippen LogP contribution < -0.4 is 10.2 Å². The number of nitrogens with one attached hydrogen (secondary N) is 1. The monoisotopic (exact) mass is 385 g/mol. The quantitative estimate of drug-likeness (QED) is 0.838. The lowest BCUT2D eigenvalue weighted by Gasteiger charge is -2.34. The van der Waals surface area contributed by atoms with Gasteiger partial charge in [-0.2, -0.15) is 0 Å². The van der Waals surface area contributed by atoms with Crippen molar-refractivity contribution in [2.75, 3.05) is 44.2 Å². The van der Waals surface area contributed by atoms with Crippen LogP contribution in [0.2, 0.25) is 0 Å². The number of piperidine rings is 2. The van der Waals surface area contributed by atoms with Crippen molar-refractivity contribution in [3.05, 3.63) is 29.8 Å². The smallest absolute Gasteiger partial charge is 0.317 e. The van der Waals surface area contributed by atoms with Gasteiger partial charge in [-0.1, -0.05) is 12.1 Å². The van der Waals surface area contributed by atoms with E-state index in [1.165, 1.54) is 56.4 Å². The fourth-order valence-electron chi connectivity index (χ4n) is 4.90. The number of likely N-dealkylation sites (tertiary alicyclic amines) is 1. The van der Waals surface area contributed by atoms with Gasteiger partial charge in [0.15, 0.2) is 0 Å². The Labute approximate surface area is 169 Å². The molecule has 3 aliphatic rings. The lowest BCUT2D eigenvalue weighted by molar-refractivity contribution is 0.0373. The lowest BCUT2D eigenvalue weighted by atomic mass is 9.90. The number of urea groups is 1. The van der Waals surface area contributed by atoms with E-state index in [2.05, 4.69) is 34.5 Å². The lowest BCUT2D eigenvalue weighted by Crippen LogP contribution is -2.46. The normalized spacial score (nSPS) is 23.8. The molecule has 1 atom stereocenters. The van der Waals surface area contributed by atoms with Gasteiger partial charge in [-0.25, -0.2) is 4.79 Å². The van der Waals surface area contributed by atoms with Gasteiger partial charge in [0.1, 0.15) is 0 Å². The number of anilines is 1. The fourth-order valence-corrected chi connectivity index (χ4v) is 4.90. The second kappa shape index (κ2) is 9.64. The highest BCUT2D eigenvalue weighted by Gasteiger charge is 2.30. The summed E-state index contributed by atoms with van der Waals surface area (Å²) in [4.78, 5) is 16.9. The van der Waals surface area contributed by atoms with Crippen molar-refractivity contribution in [2.45, 2.75) is 57.5 Å². The van der Waals surface area contributed by atoms with E-state index in [-0.39, 0.29) is 6.03 Å². The van der Waals surface area contributed by atoms with Crippen LogP contribution in [0.3, 0.4) is 0 Å². The van der Waals surface area contributed by atoms with E-state index in [4.69, 9.17) is 4.74 Å². The summed E-state index contributed by atoms with van der Waals surface area (Å²) in [6.45, 7) is 5.71. The zero-order chi connectivity index (χ0) is 19.2. The van der Waals surface area contributed by atoms with E-state index >= 15 is 0 Å². The molecule has 3 heterocycles. The number of carbonyl (C=O) groups excluding carboxylic acids is 1. The Hall–Kier alpha value is -1.75. The van der Waals surface area contributed by atoms with Crippen molar-refractivity contribution in [2.24, 2.45) is 5.92 Å². The summed E-state index contributed by atoms with van der Waals surface area (Å²) >= 11 is 0. The number of carbonyl (C=O) groups is 1. The molecule has 28 heavy (non-hydrogen) atoms. The second-order valence-electron chi connectivity index (χ2n) is 8.57. The highest BCUT2D eigenvalue weighted by atomic mass is 16.5. The van der Waals surface area contributed by atoms with E-state index in [0.717, 1.165) is 39.0 Å². The minimum atomic E-state index is 0.0933. The topological polar surface area (TPSA) is 44.8 Å². The molecular formula is C23H35N3O2. The van der Waals surface area contributed by atoms with Crippen LogP contribution in [0, 0.1) is 5.92 Å². The van der Waals surface area contributed by atoms with Crippen LogP contribution in [0.1, 0.15) is 50.5 Å². The number of nitrogens with zero attached hydrogens (tertiary/aromatic N) is 2. The molecule has 1 unspecified atom stereocenters. The predicted molar refractivity (Wildman–Crippen MR) is 113 cm³/mol. The van der Waals surface area contributed by atoms with E-state index in [1.54, 1.807) is 0 Å². The van der Waals surface area contributed by atoms with Gasteiger partial charge < -0.3 is 19.9 Å². The first kappa shape index (κ1) is 19.6. The van der Waals surface area contributed by atoms with Gasteiger partial charge in [0.05, 0.1) is 6.10 Å². The van der Waals surface area contributed by atoms with E-state index in [1.807, 2.05) is 4.90 Å². The molecule has 0 aliphatic carbocycles. The summed E-state index contributed by atoms with van der Waals surface area (Å²) in [7, 11) is 0. The first-order valence-corrected chi connectivity index (χ1v) is 11.3. The number of hydrogen-bond acceptors (Lipinski definition) is 3. The predicted octanol–water partition coefficient (Wildman–Crippen LogP) is 3.82. The molecule has 0 aromatic heterocycles. The number of ether oxygens (including phenoxy) is 1. The van der Waals surface area contributed by atoms with E-state index < -0.39 is 0 Å². The fraction of sp³-hybridized carbons (Fsp3) is 0.696. The van der Waals surface area contributed by atoms with Crippen LogP contribution in [-0.2, 0) is 11.2 Å². The third-order valence-electron chi connectivity index (χ3n) is 6.66. The molecule has 1 aromatic rings. The summed E-state index contributed by atoms with van der Waals surface area (Å²) in [5, 5.41) is 3.11. The number of rotatable bonds is 5. The molecule has 3 fully saturated rings. The Bertz CT molecular complexity index is 613. The molecule has 4 rings (SSSR count). The molecule has 154 valence electrons. The maximum Gasteiger partial charge on any atom is 0.317 e. The summed E-state index contributed by atoms with van der Waals surface area (Å²) in [6.07, 6.45) is 9.86. The Morgan fingerprint density at radius 1 is 0.964 bits per heavy atom. The van der Waals surface area contributed by atoms with E-state index in [9.17, 15) is 4.79 Å². The van der Waals surface area contributed by atoms with E-state index in [0.29, 0.717) is 18.6 Å². The number of amides is 2. The molecule has 5 heteroatoms. The molecule has 5 nitrogen and oxygen atoms in total. The van der Waals surface area contributed by atoms with Gasteiger partial charge in [0.2, 0.25) is 0 Å². The van der Waals surface area contributed by atoms with Crippen molar-refractivity contribution in [1.82, 2.24) is 10.2 Å². The van der Waals surface area contributed by atoms with Gasteiger partial charge in [0.25, 0.3) is 0 Å². The van der Waals surface area contributed by atoms with Gasteiger partial charge in [-0.05, 0) is 75.0 Å². The summed E-state index contributed by atoms with van der Waals surface area (Å²) in [6, 6.07) is 8.99. The van der Waals surface area contributed by atoms with Crippen molar-refractivity contribution in [1.29, 1.82) is 0 Å². The van der Waals surface area contributed by atoms with Crippen molar-refractivity contribution >= 4 is 11.7 Å². The first-order valence-electron chi connectivity index (χ1n) is 11.3. The molecule has 0 saturated carbocycles. The molecule has 2 amide bonds. The van der Waals surface area contributed by atoms with Crippen LogP contribution in [0.5, 0.6) is 0 Å². The molecule has 1 N–H and O–H groups in total. The van der Waals surface area contributed by atoms with Crippen LogP contribution in [0.25, 0.3) is 0 Å². The average Bonchev–Trinajstić information content (AvgIpc) is 3.30. The Morgan fingerprint density at radius 3 is 2.39 bits per heavy atom. The minimum Gasteiger partial charge on any atom is -0.378 e. The molecule has 1 aromatic carbocycles. The van der Waals surface area contributed by atoms with Crippen molar-refractivity contribution < 1.29 is 9.53 Å². The second-order valence-corrected chi connectivity index (χ2v) is 8.57. The molecular weight excluding hydrogens is 350 g/mol. The van der Waals surface area contributed by atoms with Crippen LogP contribution >= 0.6 is 0 Å². The molecule has 0 radical (unpaired) electrons. The zero-order valence-electron chi connectivity index (χ0n) is 17.1. The van der Waals surface area contributed by atoms with Crippen molar-refractivity contribution in [3.8, 4) is 0 Å². The summed E-state index contributed by atoms with van der Waals surface area (Å²) < 4.78 is 5.83. The third kappa shape index (κ3) is 4.99. The Kier molecular flexibility index (Phi) is 6.73. The largest absolute Gasteiger partial charge is 0.378 e. The maximum atomic E-state index is 12.5. The minimum absolute atomic E-state index is 0.0933. The SMILES string of the molecule is O=C(NCCc1ccc(N2CCCCC2)cc1)N1CCC(C2CCCO2)CC1. The maximum absolute atomic E-state index is 12.5. The Balaban J connectivity index is 1.16. The average molecular weight is 386 g/mol. The zero-order valence-corrected chi connectivity index (χ0v) is 17.1. The van der Waals surface area contributed by atoms with Crippen LogP contribution in [-0.4, -0.2) is 56.4 Å². The van der Waals surface area contributed by atoms with Crippen LogP contribution in [0.15, 0.2) is 24.3 Å². The third-order valence-corrected chi connectivity index (χ3v) is 6.66. The summed E-state index contributed by atoms with van der Waals surface area (Å²) in [5.74, 6) is 0.643. The standard InChI is InChI=1S/C23H35N3O2/c27-23(26-16-11-20(12-17-26)22-5-4-18-28-22)24-13-10-19-6-8-21(9-7-19)25-14-2-1-3-15-25/h6-9,20,22H,1-5,10-18H2,(H,24,27). The molecule has 0 spiro atoms. The van der Waals surface area contributed by atoms with Crippen molar-refractivity contribution in [3.63, 3.8) is 0 Å². The molecule has 3 saturated heterocycles. The highest BCUT2D eigenvalue weighted by molar-refractivity contribution is 5.74.